The molecule has 1 atom stereocenters. The molecule has 2 amide bonds. The number of fused-ring (bicyclic) bond motifs is 2. The number of carbonyl (C=O) groups is 2. The maximum atomic E-state index is 13.1. The van der Waals surface area contributed by atoms with Gasteiger partial charge in [0, 0.05) is 36.4 Å². The van der Waals surface area contributed by atoms with Gasteiger partial charge in [0.25, 0.3) is 5.91 Å². The summed E-state index contributed by atoms with van der Waals surface area (Å²) in [5.74, 6) is 0.643. The van der Waals surface area contributed by atoms with Crippen molar-refractivity contribution in [1.29, 1.82) is 0 Å². The first kappa shape index (κ1) is 16.9. The van der Waals surface area contributed by atoms with Crippen molar-refractivity contribution in [3.05, 3.63) is 58.6 Å². The van der Waals surface area contributed by atoms with Gasteiger partial charge in [0.1, 0.15) is 5.75 Å². The van der Waals surface area contributed by atoms with E-state index in [4.69, 9.17) is 16.3 Å². The number of rotatable bonds is 2. The van der Waals surface area contributed by atoms with Crippen LogP contribution >= 0.6 is 11.6 Å². The molecule has 1 saturated heterocycles. The number of anilines is 1. The minimum atomic E-state index is -0.702. The van der Waals surface area contributed by atoms with Crippen LogP contribution in [0.3, 0.4) is 0 Å². The highest BCUT2D eigenvalue weighted by Crippen LogP contribution is 2.48. The summed E-state index contributed by atoms with van der Waals surface area (Å²) in [6, 6.07) is 12.6. The fraction of sp³-hybridized carbons (Fsp3) is 0.300. The molecule has 2 aliphatic heterocycles. The summed E-state index contributed by atoms with van der Waals surface area (Å²) in [6.45, 7) is 0.892. The summed E-state index contributed by atoms with van der Waals surface area (Å²) in [6.07, 6.45) is 0.600. The van der Waals surface area contributed by atoms with Crippen molar-refractivity contribution >= 4 is 29.1 Å². The molecule has 2 heterocycles. The molecule has 1 spiro atoms. The predicted octanol–water partition coefficient (Wildman–Crippen LogP) is 3.11. The number of methoxy groups -OCH3 is 1. The highest BCUT2D eigenvalue weighted by Gasteiger charge is 2.54. The Labute approximate surface area is 157 Å². The van der Waals surface area contributed by atoms with E-state index in [-0.39, 0.29) is 11.8 Å². The molecular weight excluding hydrogens is 352 g/mol. The molecular formula is C20H19ClN2O3. The third-order valence-corrected chi connectivity index (χ3v) is 5.66. The molecule has 4 rings (SSSR count). The smallest absolute Gasteiger partial charge is 0.253 e. The molecule has 6 heteroatoms. The standard InChI is InChI=1S/C20H19ClN2O3/c1-22-17-7-6-15(26-2)11-16(17)20(19(22)25)8-9-23(12-20)18(24)13-4-3-5-14(21)10-13/h3-7,10-11H,8-9,12H2,1-2H3/t20-/m0/s1. The predicted molar refractivity (Wildman–Crippen MR) is 100 cm³/mol. The summed E-state index contributed by atoms with van der Waals surface area (Å²) < 4.78 is 5.34. The number of likely N-dealkylation sites (tertiary alicyclic amines) is 1. The van der Waals surface area contributed by atoms with Crippen LogP contribution in [0.25, 0.3) is 0 Å². The van der Waals surface area contributed by atoms with Gasteiger partial charge in [-0.3, -0.25) is 9.59 Å². The number of benzene rings is 2. The van der Waals surface area contributed by atoms with Gasteiger partial charge in [0.05, 0.1) is 12.5 Å². The highest BCUT2D eigenvalue weighted by molar-refractivity contribution is 6.31. The Balaban J connectivity index is 1.69. The molecule has 5 nitrogen and oxygen atoms in total. The zero-order valence-corrected chi connectivity index (χ0v) is 15.4. The summed E-state index contributed by atoms with van der Waals surface area (Å²) in [4.78, 5) is 29.4. The first-order chi connectivity index (χ1) is 12.5. The second-order valence-corrected chi connectivity index (χ2v) is 7.25. The Kier molecular flexibility index (Phi) is 3.92. The Morgan fingerprint density at radius 3 is 2.77 bits per heavy atom. The van der Waals surface area contributed by atoms with Crippen molar-refractivity contribution in [2.75, 3.05) is 32.1 Å². The van der Waals surface area contributed by atoms with Gasteiger partial charge in [-0.15, -0.1) is 0 Å². The van der Waals surface area contributed by atoms with Crippen LogP contribution in [0, 0.1) is 0 Å². The van der Waals surface area contributed by atoms with Crippen molar-refractivity contribution in [2.24, 2.45) is 0 Å². The SMILES string of the molecule is COc1ccc2c(c1)[C@@]1(CCN(C(=O)c3cccc(Cl)c3)C1)C(=O)N2C. The molecule has 2 aliphatic rings. The molecule has 0 aliphatic carbocycles. The minimum Gasteiger partial charge on any atom is -0.497 e. The van der Waals surface area contributed by atoms with Crippen LogP contribution in [-0.4, -0.2) is 44.0 Å². The fourth-order valence-corrected chi connectivity index (χ4v) is 4.24. The molecule has 2 aromatic carbocycles. The van der Waals surface area contributed by atoms with E-state index in [0.717, 1.165) is 11.3 Å². The number of nitrogens with zero attached hydrogens (tertiary/aromatic N) is 2. The van der Waals surface area contributed by atoms with E-state index in [1.165, 1.54) is 0 Å². The molecule has 2 aromatic rings. The van der Waals surface area contributed by atoms with Gasteiger partial charge in [-0.2, -0.15) is 0 Å². The van der Waals surface area contributed by atoms with Crippen molar-refractivity contribution in [2.45, 2.75) is 11.8 Å². The average Bonchev–Trinajstić information content (AvgIpc) is 3.19. The van der Waals surface area contributed by atoms with Crippen LogP contribution < -0.4 is 9.64 Å². The van der Waals surface area contributed by atoms with E-state index in [2.05, 4.69) is 0 Å². The highest BCUT2D eigenvalue weighted by atomic mass is 35.5. The number of carbonyl (C=O) groups excluding carboxylic acids is 2. The lowest BCUT2D eigenvalue weighted by Gasteiger charge is -2.23. The first-order valence-corrected chi connectivity index (χ1v) is 8.85. The molecule has 134 valence electrons. The summed E-state index contributed by atoms with van der Waals surface area (Å²) in [5, 5.41) is 0.525. The summed E-state index contributed by atoms with van der Waals surface area (Å²) in [5.41, 5.74) is 1.66. The lowest BCUT2D eigenvalue weighted by molar-refractivity contribution is -0.122. The van der Waals surface area contributed by atoms with E-state index >= 15 is 0 Å². The molecule has 0 radical (unpaired) electrons. The van der Waals surface area contributed by atoms with E-state index in [9.17, 15) is 9.59 Å². The second-order valence-electron chi connectivity index (χ2n) is 6.82. The van der Waals surface area contributed by atoms with Gasteiger partial charge in [-0.1, -0.05) is 17.7 Å². The molecule has 0 aromatic heterocycles. The minimum absolute atomic E-state index is 0.0298. The van der Waals surface area contributed by atoms with E-state index in [1.54, 1.807) is 48.2 Å². The van der Waals surface area contributed by atoms with Gasteiger partial charge in [0.2, 0.25) is 5.91 Å². The number of hydrogen-bond acceptors (Lipinski definition) is 3. The van der Waals surface area contributed by atoms with Crippen LogP contribution in [0.15, 0.2) is 42.5 Å². The van der Waals surface area contributed by atoms with Gasteiger partial charge >= 0.3 is 0 Å². The van der Waals surface area contributed by atoms with Gasteiger partial charge in [-0.25, -0.2) is 0 Å². The van der Waals surface area contributed by atoms with Crippen LogP contribution in [0.4, 0.5) is 5.69 Å². The lowest BCUT2D eigenvalue weighted by Crippen LogP contribution is -2.42. The van der Waals surface area contributed by atoms with Crippen LogP contribution in [0.1, 0.15) is 22.3 Å². The zero-order valence-electron chi connectivity index (χ0n) is 14.7. The Hall–Kier alpha value is -2.53. The van der Waals surface area contributed by atoms with Crippen molar-refractivity contribution in [3.63, 3.8) is 0 Å². The molecule has 0 N–H and O–H groups in total. The first-order valence-electron chi connectivity index (χ1n) is 8.48. The topological polar surface area (TPSA) is 49.9 Å². The number of hydrogen-bond donors (Lipinski definition) is 0. The number of amides is 2. The number of ether oxygens (including phenoxy) is 1. The van der Waals surface area contributed by atoms with Gasteiger partial charge < -0.3 is 14.5 Å². The third kappa shape index (κ3) is 2.38. The molecule has 0 unspecified atom stereocenters. The van der Waals surface area contributed by atoms with Crippen molar-refractivity contribution < 1.29 is 14.3 Å². The van der Waals surface area contributed by atoms with E-state index in [1.807, 2.05) is 18.2 Å². The quantitative estimate of drug-likeness (QED) is 0.816. The maximum Gasteiger partial charge on any atom is 0.253 e. The average molecular weight is 371 g/mol. The lowest BCUT2D eigenvalue weighted by atomic mass is 9.81. The Morgan fingerprint density at radius 1 is 1.23 bits per heavy atom. The maximum absolute atomic E-state index is 13.1. The van der Waals surface area contributed by atoms with Crippen LogP contribution in [-0.2, 0) is 10.2 Å². The number of likely N-dealkylation sites (N-methyl/N-ethyl adjacent to an activating group) is 1. The largest absolute Gasteiger partial charge is 0.497 e. The van der Waals surface area contributed by atoms with E-state index in [0.29, 0.717) is 35.8 Å². The molecule has 0 saturated carbocycles. The van der Waals surface area contributed by atoms with Gasteiger partial charge in [0.15, 0.2) is 0 Å². The van der Waals surface area contributed by atoms with Crippen LogP contribution in [0.2, 0.25) is 5.02 Å². The van der Waals surface area contributed by atoms with Crippen molar-refractivity contribution in [1.82, 2.24) is 4.90 Å². The Bertz CT molecular complexity index is 914. The second kappa shape index (κ2) is 6.02. The van der Waals surface area contributed by atoms with Crippen molar-refractivity contribution in [3.8, 4) is 5.75 Å². The summed E-state index contributed by atoms with van der Waals surface area (Å²) >= 11 is 6.01. The molecule has 1 fully saturated rings. The van der Waals surface area contributed by atoms with Gasteiger partial charge in [-0.05, 0) is 48.4 Å². The monoisotopic (exact) mass is 370 g/mol. The fourth-order valence-electron chi connectivity index (χ4n) is 4.05. The third-order valence-electron chi connectivity index (χ3n) is 5.42. The summed E-state index contributed by atoms with van der Waals surface area (Å²) in [7, 11) is 3.39. The van der Waals surface area contributed by atoms with E-state index < -0.39 is 5.41 Å². The number of halogens is 1. The zero-order chi connectivity index (χ0) is 18.5. The Morgan fingerprint density at radius 2 is 2.04 bits per heavy atom. The normalized spacial score (nSPS) is 21.4. The van der Waals surface area contributed by atoms with Crippen LogP contribution in [0.5, 0.6) is 5.75 Å². The molecule has 26 heavy (non-hydrogen) atoms. The molecule has 0 bridgehead atoms.